The third-order valence-corrected chi connectivity index (χ3v) is 10.1. The number of carbonyl (C=O) groups excluding carboxylic acids is 4. The monoisotopic (exact) mass is 508 g/mol. The van der Waals surface area contributed by atoms with E-state index in [1.54, 1.807) is 19.1 Å². The van der Waals surface area contributed by atoms with Gasteiger partial charge in [-0.1, -0.05) is 25.5 Å². The molecule has 0 bridgehead atoms. The molecule has 1 N–H and O–H groups in total. The van der Waals surface area contributed by atoms with E-state index in [-0.39, 0.29) is 37.1 Å². The molecule has 4 aliphatic carbocycles. The second-order valence-electron chi connectivity index (χ2n) is 10.6. The minimum atomic E-state index is -1.63. The van der Waals surface area contributed by atoms with Crippen molar-refractivity contribution in [2.75, 3.05) is 13.2 Å². The molecule has 3 fully saturated rings. The van der Waals surface area contributed by atoms with E-state index in [9.17, 15) is 24.3 Å². The third kappa shape index (κ3) is 3.58. The molecule has 0 saturated heterocycles. The molecule has 0 amide bonds. The Kier molecular flexibility index (Phi) is 6.46. The minimum Gasteiger partial charge on any atom is -0.458 e. The summed E-state index contributed by atoms with van der Waals surface area (Å²) in [7, 11) is 0. The van der Waals surface area contributed by atoms with Crippen molar-refractivity contribution >= 4 is 35.3 Å². The highest BCUT2D eigenvalue weighted by molar-refractivity contribution is 6.26. The van der Waals surface area contributed by atoms with E-state index in [0.717, 1.165) is 5.57 Å². The number of rotatable bonds is 5. The summed E-state index contributed by atoms with van der Waals surface area (Å²) >= 11 is 7.41. The fourth-order valence-corrected chi connectivity index (χ4v) is 7.98. The Morgan fingerprint density at radius 3 is 2.54 bits per heavy atom. The number of aliphatic hydroxyl groups excluding tert-OH is 1. The van der Waals surface area contributed by atoms with Crippen molar-refractivity contribution in [1.29, 1.82) is 0 Å². The van der Waals surface area contributed by atoms with Gasteiger partial charge in [0.05, 0.1) is 17.6 Å². The quantitative estimate of drug-likeness (QED) is 0.441. The number of hydrogen-bond donors (Lipinski definition) is 1. The first-order valence-electron chi connectivity index (χ1n) is 12.2. The maximum absolute atomic E-state index is 13.6. The summed E-state index contributed by atoms with van der Waals surface area (Å²) in [4.78, 5) is 48.5. The molecule has 0 heterocycles. The Bertz CT molecular complexity index is 1020. The number of hydrogen-bond acceptors (Lipinski definition) is 8. The molecule has 0 spiro atoms. The van der Waals surface area contributed by atoms with E-state index in [0.29, 0.717) is 19.3 Å². The van der Waals surface area contributed by atoms with Crippen LogP contribution in [0.25, 0.3) is 0 Å². The molecule has 0 aromatic heterocycles. The van der Waals surface area contributed by atoms with Crippen LogP contribution in [0.15, 0.2) is 23.8 Å². The van der Waals surface area contributed by atoms with E-state index in [1.165, 1.54) is 13.0 Å². The van der Waals surface area contributed by atoms with Crippen LogP contribution in [-0.2, 0) is 28.6 Å². The zero-order valence-corrected chi connectivity index (χ0v) is 21.4. The summed E-state index contributed by atoms with van der Waals surface area (Å²) in [6.45, 7) is 6.17. The lowest BCUT2D eigenvalue weighted by Gasteiger charge is -2.63. The van der Waals surface area contributed by atoms with Crippen LogP contribution < -0.4 is 0 Å². The Morgan fingerprint density at radius 2 is 1.89 bits per heavy atom. The average molecular weight is 509 g/mol. The molecule has 8 nitrogen and oxygen atoms in total. The number of fused-ring (bicyclic) bond motifs is 5. The van der Waals surface area contributed by atoms with Crippen LogP contribution in [0.3, 0.4) is 0 Å². The summed E-state index contributed by atoms with van der Waals surface area (Å²) in [6, 6.07) is 0. The SMILES string of the molecule is CCOC(=O)O[C@]1(C(=O)COC(C)=O)CC[C@H]2[C@@H]3CCC4=CC(=O)C=C[C@]4(C)[C@@]3(Cl)C(O)C[C@@]21C. The van der Waals surface area contributed by atoms with Gasteiger partial charge in [0.2, 0.25) is 5.78 Å². The van der Waals surface area contributed by atoms with Crippen molar-refractivity contribution in [2.45, 2.75) is 76.4 Å². The summed E-state index contributed by atoms with van der Waals surface area (Å²) in [5, 5.41) is 11.7. The summed E-state index contributed by atoms with van der Waals surface area (Å²) in [6.07, 6.45) is 4.97. The molecule has 9 heteroatoms. The van der Waals surface area contributed by atoms with Crippen molar-refractivity contribution in [3.63, 3.8) is 0 Å². The van der Waals surface area contributed by atoms with Gasteiger partial charge in [0.1, 0.15) is 0 Å². The third-order valence-electron chi connectivity index (χ3n) is 9.14. The maximum Gasteiger partial charge on any atom is 0.509 e. The average Bonchev–Trinajstić information content (AvgIpc) is 3.06. The van der Waals surface area contributed by atoms with Crippen LogP contribution in [0, 0.1) is 22.7 Å². The number of allylic oxidation sites excluding steroid dienone is 4. The van der Waals surface area contributed by atoms with Crippen molar-refractivity contribution in [3.8, 4) is 0 Å². The smallest absolute Gasteiger partial charge is 0.458 e. The second-order valence-corrected chi connectivity index (χ2v) is 11.2. The molecule has 0 aromatic carbocycles. The van der Waals surface area contributed by atoms with Gasteiger partial charge in [0.25, 0.3) is 0 Å². The highest BCUT2D eigenvalue weighted by Crippen LogP contribution is 2.71. The lowest BCUT2D eigenvalue weighted by Crippen LogP contribution is -2.69. The van der Waals surface area contributed by atoms with Gasteiger partial charge in [0.15, 0.2) is 18.0 Å². The van der Waals surface area contributed by atoms with Crippen LogP contribution in [0.4, 0.5) is 4.79 Å². The van der Waals surface area contributed by atoms with Crippen LogP contribution in [-0.4, -0.2) is 58.6 Å². The molecule has 35 heavy (non-hydrogen) atoms. The normalized spacial score (nSPS) is 41.7. The summed E-state index contributed by atoms with van der Waals surface area (Å²) in [5.41, 5.74) is -2.43. The molecule has 1 unspecified atom stereocenters. The Hall–Kier alpha value is -2.19. The van der Waals surface area contributed by atoms with Crippen LogP contribution in [0.1, 0.15) is 59.8 Å². The number of esters is 1. The van der Waals surface area contributed by atoms with Crippen LogP contribution in [0.5, 0.6) is 0 Å². The van der Waals surface area contributed by atoms with E-state index in [4.69, 9.17) is 25.8 Å². The lowest BCUT2D eigenvalue weighted by molar-refractivity contribution is -0.181. The van der Waals surface area contributed by atoms with Gasteiger partial charge in [0, 0.05) is 17.8 Å². The highest BCUT2D eigenvalue weighted by Gasteiger charge is 2.74. The molecule has 4 rings (SSSR count). The molecule has 3 saturated carbocycles. The molecular formula is C26H33ClO8. The first-order valence-corrected chi connectivity index (χ1v) is 12.6. The molecule has 192 valence electrons. The van der Waals surface area contributed by atoms with Crippen molar-refractivity contribution in [3.05, 3.63) is 23.8 Å². The molecule has 7 atom stereocenters. The van der Waals surface area contributed by atoms with Gasteiger partial charge in [-0.3, -0.25) is 14.4 Å². The van der Waals surface area contributed by atoms with Crippen molar-refractivity contribution < 1.29 is 38.5 Å². The molecule has 0 aliphatic heterocycles. The van der Waals surface area contributed by atoms with Crippen LogP contribution in [0.2, 0.25) is 0 Å². The number of alkyl halides is 1. The van der Waals surface area contributed by atoms with Gasteiger partial charge in [-0.25, -0.2) is 4.79 Å². The Labute approximate surface area is 210 Å². The topological polar surface area (TPSA) is 116 Å². The van der Waals surface area contributed by atoms with Crippen molar-refractivity contribution in [1.82, 2.24) is 0 Å². The Morgan fingerprint density at radius 1 is 1.17 bits per heavy atom. The second kappa shape index (κ2) is 8.73. The summed E-state index contributed by atoms with van der Waals surface area (Å²) < 4.78 is 15.8. The van der Waals surface area contributed by atoms with E-state index < -0.39 is 51.9 Å². The lowest BCUT2D eigenvalue weighted by atomic mass is 9.45. The van der Waals surface area contributed by atoms with Gasteiger partial charge in [-0.05, 0) is 63.0 Å². The van der Waals surface area contributed by atoms with Crippen LogP contribution >= 0.6 is 11.6 Å². The van der Waals surface area contributed by atoms with E-state index >= 15 is 0 Å². The molecule has 4 aliphatic rings. The van der Waals surface area contributed by atoms with Gasteiger partial charge < -0.3 is 19.3 Å². The number of Topliss-reactive ketones (excluding diaryl/α,β-unsaturated/α-hetero) is 1. The highest BCUT2D eigenvalue weighted by atomic mass is 35.5. The largest absolute Gasteiger partial charge is 0.509 e. The fraction of sp³-hybridized carbons (Fsp3) is 0.692. The predicted octanol–water partition coefficient (Wildman–Crippen LogP) is 3.67. The maximum atomic E-state index is 13.6. The number of halogens is 1. The Balaban J connectivity index is 1.77. The number of aliphatic hydroxyl groups is 1. The first kappa shape index (κ1) is 25.9. The predicted molar refractivity (Wildman–Crippen MR) is 126 cm³/mol. The molecule has 0 aromatic rings. The first-order chi connectivity index (χ1) is 16.4. The van der Waals surface area contributed by atoms with E-state index in [2.05, 4.69) is 0 Å². The standard InChI is InChI=1S/C26H33ClO8/c1-5-33-22(32)35-25(21(31)14-34-15(2)28)11-9-18-19-7-6-16-12-17(29)8-10-23(16,3)26(19,27)20(30)13-24(18,25)4/h8,10,12,18-20,30H,5-7,9,11,13-14H2,1-4H3/t18-,19-,20?,23-,24-,25-,26-/m0/s1. The van der Waals surface area contributed by atoms with Crippen molar-refractivity contribution in [2.24, 2.45) is 22.7 Å². The number of carbonyl (C=O) groups is 4. The van der Waals surface area contributed by atoms with Gasteiger partial charge in [-0.15, -0.1) is 11.6 Å². The van der Waals surface area contributed by atoms with E-state index in [1.807, 2.05) is 13.8 Å². The summed E-state index contributed by atoms with van der Waals surface area (Å²) in [5.74, 6) is -1.63. The number of ether oxygens (including phenoxy) is 3. The zero-order chi connectivity index (χ0) is 25.8. The molecular weight excluding hydrogens is 476 g/mol. The zero-order valence-electron chi connectivity index (χ0n) is 20.6. The fourth-order valence-electron chi connectivity index (χ4n) is 7.45. The minimum absolute atomic E-state index is 0.0712. The number of ketones is 2. The van der Waals surface area contributed by atoms with Gasteiger partial charge in [-0.2, -0.15) is 0 Å². The van der Waals surface area contributed by atoms with Gasteiger partial charge >= 0.3 is 12.1 Å². The molecule has 0 radical (unpaired) electrons.